The number of aliphatic hydroxyl groups excluding tert-OH is 2. The number of rotatable bonds is 13. The van der Waals surface area contributed by atoms with Gasteiger partial charge in [-0.05, 0) is 35.4 Å². The number of halogens is 2. The first-order chi connectivity index (χ1) is 23.4. The fourth-order valence-electron chi connectivity index (χ4n) is 5.95. The summed E-state index contributed by atoms with van der Waals surface area (Å²) in [5.41, 5.74) is 6.12. The third-order valence-corrected chi connectivity index (χ3v) is 9.13. The van der Waals surface area contributed by atoms with Crippen molar-refractivity contribution in [1.82, 2.24) is 10.6 Å². The minimum absolute atomic E-state index is 0.0311. The van der Waals surface area contributed by atoms with Crippen LogP contribution in [0.3, 0.4) is 0 Å². The van der Waals surface area contributed by atoms with Crippen molar-refractivity contribution in [2.24, 2.45) is 0 Å². The van der Waals surface area contributed by atoms with Crippen LogP contribution in [0.5, 0.6) is 11.5 Å². The van der Waals surface area contributed by atoms with E-state index in [1.807, 2.05) is 72.8 Å². The summed E-state index contributed by atoms with van der Waals surface area (Å²) >= 11 is 14.2. The van der Waals surface area contributed by atoms with E-state index in [1.54, 1.807) is 9.80 Å². The molecule has 6 rings (SSSR count). The van der Waals surface area contributed by atoms with Gasteiger partial charge in [-0.1, -0.05) is 71.7 Å². The minimum Gasteiger partial charge on any atom is -0.482 e. The monoisotopic (exact) mass is 690 g/mol. The van der Waals surface area contributed by atoms with Gasteiger partial charge in [0, 0.05) is 61.5 Å². The first-order valence-corrected chi connectivity index (χ1v) is 16.5. The van der Waals surface area contributed by atoms with Gasteiger partial charge < -0.3 is 40.1 Å². The molecule has 2 heterocycles. The maximum atomic E-state index is 12.6. The number of nitrogens with zero attached hydrogens (tertiary/aromatic N) is 2. The van der Waals surface area contributed by atoms with Crippen LogP contribution in [0.2, 0.25) is 10.0 Å². The summed E-state index contributed by atoms with van der Waals surface area (Å²) in [6.45, 7) is 2.85. The quantitative estimate of drug-likeness (QED) is 0.150. The molecule has 0 atom stereocenters. The van der Waals surface area contributed by atoms with Gasteiger partial charge >= 0.3 is 0 Å². The van der Waals surface area contributed by atoms with Gasteiger partial charge in [0.2, 0.25) is 0 Å². The smallest absolute Gasteiger partial charge is 0.265 e. The van der Waals surface area contributed by atoms with Crippen molar-refractivity contribution >= 4 is 46.4 Å². The Balaban J connectivity index is 1.28. The fourth-order valence-corrected chi connectivity index (χ4v) is 6.62. The summed E-state index contributed by atoms with van der Waals surface area (Å²) in [6.07, 6.45) is 0. The lowest BCUT2D eigenvalue weighted by molar-refractivity contribution is -0.122. The summed E-state index contributed by atoms with van der Waals surface area (Å²) in [6, 6.07) is 22.9. The van der Waals surface area contributed by atoms with Crippen molar-refractivity contribution < 1.29 is 29.3 Å². The largest absolute Gasteiger partial charge is 0.482 e. The van der Waals surface area contributed by atoms with E-state index in [1.165, 1.54) is 0 Å². The number of hydrogen-bond donors (Lipinski definition) is 4. The molecule has 0 radical (unpaired) electrons. The third kappa shape index (κ3) is 7.00. The summed E-state index contributed by atoms with van der Waals surface area (Å²) in [5, 5.41) is 25.3. The molecule has 0 saturated carbocycles. The van der Waals surface area contributed by atoms with Crippen molar-refractivity contribution in [3.63, 3.8) is 0 Å². The Bertz CT molecular complexity index is 1690. The molecule has 250 valence electrons. The molecule has 0 aliphatic carbocycles. The van der Waals surface area contributed by atoms with E-state index in [9.17, 15) is 9.59 Å². The van der Waals surface area contributed by atoms with Crippen LogP contribution in [0.15, 0.2) is 72.8 Å². The summed E-state index contributed by atoms with van der Waals surface area (Å²) in [7, 11) is 0. The zero-order chi connectivity index (χ0) is 33.6. The molecule has 12 heteroatoms. The van der Waals surface area contributed by atoms with Crippen LogP contribution in [-0.2, 0) is 9.59 Å². The lowest BCUT2D eigenvalue weighted by atomic mass is 9.95. The molecular formula is C36H36Cl2N4O6. The molecule has 2 aliphatic rings. The number of aliphatic hydroxyl groups is 2. The van der Waals surface area contributed by atoms with Crippen LogP contribution in [0.25, 0.3) is 33.4 Å². The molecule has 48 heavy (non-hydrogen) atoms. The van der Waals surface area contributed by atoms with Gasteiger partial charge in [0.05, 0.1) is 34.6 Å². The molecule has 0 bridgehead atoms. The normalized spacial score (nSPS) is 14.0. The van der Waals surface area contributed by atoms with Gasteiger partial charge in [-0.15, -0.1) is 0 Å². The number of fused-ring (bicyclic) bond motifs is 2. The second-order valence-corrected chi connectivity index (χ2v) is 12.1. The van der Waals surface area contributed by atoms with E-state index in [-0.39, 0.29) is 38.2 Å². The van der Waals surface area contributed by atoms with Gasteiger partial charge in [-0.2, -0.15) is 0 Å². The number of amides is 2. The van der Waals surface area contributed by atoms with Crippen LogP contribution in [-0.4, -0.2) is 87.7 Å². The Morgan fingerprint density at radius 2 is 1.02 bits per heavy atom. The molecule has 2 aliphatic heterocycles. The molecule has 0 spiro atoms. The van der Waals surface area contributed by atoms with E-state index in [0.717, 1.165) is 33.4 Å². The highest BCUT2D eigenvalue weighted by molar-refractivity contribution is 6.39. The molecule has 10 nitrogen and oxygen atoms in total. The number of carbonyl (C=O) groups excluding carboxylic acids is 2. The molecule has 0 saturated heterocycles. The van der Waals surface area contributed by atoms with Crippen LogP contribution < -0.4 is 29.9 Å². The summed E-state index contributed by atoms with van der Waals surface area (Å²) in [4.78, 5) is 28.6. The molecular weight excluding hydrogens is 655 g/mol. The Hall–Kier alpha value is -4.16. The molecule has 0 fully saturated rings. The van der Waals surface area contributed by atoms with Gasteiger partial charge in [0.1, 0.15) is 11.5 Å². The molecule has 2 amide bonds. The number of anilines is 2. The lowest BCUT2D eigenvalue weighted by Gasteiger charge is -2.30. The molecule has 4 aromatic rings. The van der Waals surface area contributed by atoms with Gasteiger partial charge in [-0.25, -0.2) is 0 Å². The number of hydrogen-bond acceptors (Lipinski definition) is 8. The fraction of sp³-hybridized carbons (Fsp3) is 0.278. The SMILES string of the molecule is O=C1COc2cc(-c3cccc(-c4cccc(-c5ccc6c(c5)OCC(=O)N6CCNCCO)c4Cl)c3Cl)ccc2N1CCNCCO. The van der Waals surface area contributed by atoms with Crippen LogP contribution >= 0.6 is 23.2 Å². The van der Waals surface area contributed by atoms with Crippen molar-refractivity contribution in [3.8, 4) is 44.9 Å². The van der Waals surface area contributed by atoms with E-state index < -0.39 is 0 Å². The number of ether oxygens (including phenoxy) is 2. The number of benzene rings is 4. The summed E-state index contributed by atoms with van der Waals surface area (Å²) in [5.74, 6) is 0.927. The molecule has 0 aromatic heterocycles. The highest BCUT2D eigenvalue weighted by Gasteiger charge is 2.27. The second-order valence-electron chi connectivity index (χ2n) is 11.3. The highest BCUT2D eigenvalue weighted by Crippen LogP contribution is 2.45. The predicted molar refractivity (Wildman–Crippen MR) is 188 cm³/mol. The van der Waals surface area contributed by atoms with Crippen molar-refractivity contribution in [1.29, 1.82) is 0 Å². The highest BCUT2D eigenvalue weighted by atomic mass is 35.5. The Labute approximate surface area is 288 Å². The maximum absolute atomic E-state index is 12.6. The molecule has 4 N–H and O–H groups in total. The molecule has 0 unspecified atom stereocenters. The van der Waals surface area contributed by atoms with E-state index in [4.69, 9.17) is 42.9 Å². The average molecular weight is 692 g/mol. The maximum Gasteiger partial charge on any atom is 0.265 e. The van der Waals surface area contributed by atoms with Crippen LogP contribution in [0.1, 0.15) is 0 Å². The van der Waals surface area contributed by atoms with Crippen LogP contribution in [0, 0.1) is 0 Å². The van der Waals surface area contributed by atoms with Gasteiger partial charge in [0.15, 0.2) is 13.2 Å². The zero-order valence-corrected chi connectivity index (χ0v) is 27.7. The topological polar surface area (TPSA) is 124 Å². The van der Waals surface area contributed by atoms with Gasteiger partial charge in [0.25, 0.3) is 11.8 Å². The standard InChI is InChI=1S/C36H36Cl2N4O6/c37-35-25(23-7-9-29-31(19-23)47-21-33(45)41(29)15-11-39-13-17-43)3-1-5-27(35)28-6-2-4-26(36(28)38)24-8-10-30-32(20-24)48-22-34(46)42(30)16-12-40-14-18-44/h1-10,19-20,39-40,43-44H,11-18,21-22H2. The van der Waals surface area contributed by atoms with Crippen molar-refractivity contribution in [2.75, 3.05) is 75.5 Å². The lowest BCUT2D eigenvalue weighted by Crippen LogP contribution is -2.42. The first-order valence-electron chi connectivity index (χ1n) is 15.8. The molecule has 4 aromatic carbocycles. The Morgan fingerprint density at radius 3 is 1.44 bits per heavy atom. The predicted octanol–water partition coefficient (Wildman–Crippen LogP) is 4.61. The van der Waals surface area contributed by atoms with E-state index >= 15 is 0 Å². The zero-order valence-electron chi connectivity index (χ0n) is 26.2. The van der Waals surface area contributed by atoms with E-state index in [0.29, 0.717) is 72.2 Å². The van der Waals surface area contributed by atoms with Crippen LogP contribution in [0.4, 0.5) is 11.4 Å². The summed E-state index contributed by atoms with van der Waals surface area (Å²) < 4.78 is 11.6. The Kier molecular flexibility index (Phi) is 10.8. The second kappa shape index (κ2) is 15.4. The third-order valence-electron chi connectivity index (χ3n) is 8.32. The average Bonchev–Trinajstić information content (AvgIpc) is 3.10. The Morgan fingerprint density at radius 1 is 0.604 bits per heavy atom. The first kappa shape index (κ1) is 33.7. The number of nitrogens with one attached hydrogen (secondary N) is 2. The van der Waals surface area contributed by atoms with Crippen molar-refractivity contribution in [3.05, 3.63) is 82.8 Å². The van der Waals surface area contributed by atoms with Gasteiger partial charge in [-0.3, -0.25) is 9.59 Å². The number of carbonyl (C=O) groups is 2. The van der Waals surface area contributed by atoms with E-state index in [2.05, 4.69) is 10.6 Å². The minimum atomic E-state index is -0.126. The van der Waals surface area contributed by atoms with Crippen molar-refractivity contribution in [2.45, 2.75) is 0 Å².